The van der Waals surface area contributed by atoms with Crippen LogP contribution in [0.1, 0.15) is 146 Å². The molecule has 17 nitrogen and oxygen atoms in total. The van der Waals surface area contributed by atoms with E-state index in [-0.39, 0.29) is 23.7 Å². The number of aromatic nitrogens is 3. The lowest BCUT2D eigenvalue weighted by Crippen LogP contribution is -2.34. The first kappa shape index (κ1) is 44.7. The van der Waals surface area contributed by atoms with Crippen LogP contribution in [0.5, 0.6) is 0 Å². The normalized spacial score (nSPS) is 12.9. The van der Waals surface area contributed by atoms with Gasteiger partial charge in [0.15, 0.2) is 11.9 Å². The molecule has 0 saturated carbocycles. The highest BCUT2D eigenvalue weighted by Crippen LogP contribution is 2.33. The molecule has 3 atom stereocenters. The van der Waals surface area contributed by atoms with Crippen LogP contribution in [-0.4, -0.2) is 63.6 Å². The van der Waals surface area contributed by atoms with Crippen molar-refractivity contribution < 1.29 is 19.2 Å². The summed E-state index contributed by atoms with van der Waals surface area (Å²) in [6.45, 7) is 13.9. The van der Waals surface area contributed by atoms with Crippen molar-refractivity contribution in [1.82, 2.24) is 41.5 Å². The summed E-state index contributed by atoms with van der Waals surface area (Å²) in [4.78, 5) is 68.2. The van der Waals surface area contributed by atoms with Crippen LogP contribution in [0.2, 0.25) is 0 Å². The van der Waals surface area contributed by atoms with Gasteiger partial charge in [-0.25, -0.2) is 15.0 Å². The number of amides is 4. The van der Waals surface area contributed by atoms with Gasteiger partial charge >= 0.3 is 0 Å². The predicted molar refractivity (Wildman–Crippen MR) is 218 cm³/mol. The molecule has 0 aliphatic carbocycles. The molecule has 20 heteroatoms. The van der Waals surface area contributed by atoms with Crippen molar-refractivity contribution >= 4 is 69.6 Å². The topological polar surface area (TPSA) is 293 Å². The molecule has 0 radical (unpaired) electrons. The van der Waals surface area contributed by atoms with Gasteiger partial charge in [0.1, 0.15) is 14.6 Å². The van der Waals surface area contributed by atoms with E-state index in [1.807, 2.05) is 13.8 Å². The van der Waals surface area contributed by atoms with Crippen LogP contribution >= 0.6 is 34.0 Å². The lowest BCUT2D eigenvalue weighted by molar-refractivity contribution is -0.119. The van der Waals surface area contributed by atoms with Crippen molar-refractivity contribution in [2.24, 2.45) is 29.0 Å². The molecule has 0 fully saturated rings. The van der Waals surface area contributed by atoms with Gasteiger partial charge in [-0.15, -0.1) is 34.0 Å². The van der Waals surface area contributed by atoms with Gasteiger partial charge in [-0.05, 0) is 51.4 Å². The van der Waals surface area contributed by atoms with Crippen molar-refractivity contribution in [3.05, 3.63) is 46.7 Å². The first-order chi connectivity index (χ1) is 25.9. The number of thiazole rings is 3. The second kappa shape index (κ2) is 20.8. The van der Waals surface area contributed by atoms with E-state index >= 15 is 0 Å². The molecule has 55 heavy (non-hydrogen) atoms. The van der Waals surface area contributed by atoms with Crippen molar-refractivity contribution in [1.29, 1.82) is 10.8 Å². The lowest BCUT2D eigenvalue weighted by Gasteiger charge is -2.22. The van der Waals surface area contributed by atoms with Crippen LogP contribution in [0.4, 0.5) is 0 Å². The highest BCUT2D eigenvalue weighted by molar-refractivity contribution is 7.14. The maximum Gasteiger partial charge on any atom is 0.263 e. The Bertz CT molecular complexity index is 1830. The number of guanidine groups is 2. The molecule has 0 aromatic carbocycles. The summed E-state index contributed by atoms with van der Waals surface area (Å²) < 4.78 is 0. The SMILES string of the molecule is CC(=O)N[C@@H](CCCNC(=N)N)c1nc(C)sc1C(=O)N[C@@H](CC(C)C)c1nc(CCCNC(=N)N)sc1C(=O)N[C@@H](C)c1nc(CC(C)C)sc1C(N)=O. The first-order valence-electron chi connectivity index (χ1n) is 18.2. The van der Waals surface area contributed by atoms with Crippen molar-refractivity contribution in [2.75, 3.05) is 13.1 Å². The summed E-state index contributed by atoms with van der Waals surface area (Å²) in [5, 5.41) is 31.5. The summed E-state index contributed by atoms with van der Waals surface area (Å²) in [6.07, 6.45) is 3.15. The van der Waals surface area contributed by atoms with E-state index in [0.29, 0.717) is 99.3 Å². The third-order valence-corrected chi connectivity index (χ3v) is 11.3. The number of hydrogen-bond donors (Lipinski definition) is 10. The second-order valence-corrected chi connectivity index (χ2v) is 17.5. The zero-order valence-corrected chi connectivity index (χ0v) is 34.9. The van der Waals surface area contributed by atoms with Crippen LogP contribution in [0.25, 0.3) is 0 Å². The number of nitrogens with two attached hydrogens (primary N) is 3. The second-order valence-electron chi connectivity index (χ2n) is 14.1. The Balaban J connectivity index is 2.01. The predicted octanol–water partition coefficient (Wildman–Crippen LogP) is 3.53. The van der Waals surface area contributed by atoms with Gasteiger partial charge in [0.25, 0.3) is 17.7 Å². The molecule has 0 aliphatic heterocycles. The van der Waals surface area contributed by atoms with Gasteiger partial charge in [-0.2, -0.15) is 0 Å². The Morgan fingerprint density at radius 3 is 1.84 bits per heavy atom. The van der Waals surface area contributed by atoms with Crippen molar-refractivity contribution in [3.8, 4) is 0 Å². The fourth-order valence-electron chi connectivity index (χ4n) is 5.79. The maximum atomic E-state index is 14.2. The van der Waals surface area contributed by atoms with Gasteiger partial charge in [0.2, 0.25) is 5.91 Å². The number of carbonyl (C=O) groups excluding carboxylic acids is 4. The van der Waals surface area contributed by atoms with E-state index in [4.69, 9.17) is 33.0 Å². The molecule has 3 aromatic rings. The van der Waals surface area contributed by atoms with E-state index in [2.05, 4.69) is 50.4 Å². The zero-order valence-electron chi connectivity index (χ0n) is 32.5. The monoisotopic (exact) mass is 817 g/mol. The maximum absolute atomic E-state index is 14.2. The Hall–Kier alpha value is -4.69. The van der Waals surface area contributed by atoms with Gasteiger partial charge in [-0.3, -0.25) is 30.0 Å². The molecular formula is C35H55N13O4S3. The number of primary amides is 1. The number of rotatable bonds is 21. The minimum Gasteiger partial charge on any atom is -0.370 e. The number of carbonyl (C=O) groups is 4. The molecule has 0 bridgehead atoms. The summed E-state index contributed by atoms with van der Waals surface area (Å²) in [6, 6.07) is -1.92. The summed E-state index contributed by atoms with van der Waals surface area (Å²) >= 11 is 3.65. The van der Waals surface area contributed by atoms with Crippen LogP contribution < -0.4 is 43.8 Å². The average Bonchev–Trinajstić information content (AvgIpc) is 3.80. The quantitative estimate of drug-likeness (QED) is 0.0421. The van der Waals surface area contributed by atoms with E-state index < -0.39 is 35.8 Å². The Morgan fingerprint density at radius 1 is 0.691 bits per heavy atom. The largest absolute Gasteiger partial charge is 0.370 e. The van der Waals surface area contributed by atoms with Crippen LogP contribution in [0.3, 0.4) is 0 Å². The lowest BCUT2D eigenvalue weighted by atomic mass is 9.99. The Morgan fingerprint density at radius 2 is 1.25 bits per heavy atom. The Labute approximate surface area is 333 Å². The van der Waals surface area contributed by atoms with Gasteiger partial charge in [0.05, 0.1) is 50.2 Å². The van der Waals surface area contributed by atoms with Crippen LogP contribution in [0, 0.1) is 29.6 Å². The molecule has 0 unspecified atom stereocenters. The standard InChI is InChI=1S/C35H55N13O4S3/c1-16(2)14-22(46-33(52)29-26(45-20(7)53-29)21(44-19(6)49)10-8-12-41-34(37)38)27-30(54-23(47-27)11-9-13-42-35(39)40)32(51)43-18(5)25-28(31(36)50)55-24(48-25)15-17(3)4/h16-18,21-22H,8-15H2,1-7H3,(H2,36,50)(H,43,51)(H,44,49)(H,46,52)(H4,37,38,41)(H4,39,40,42)/t18-,21-,22-/m0/s1. The molecule has 0 saturated heterocycles. The molecule has 3 aromatic heterocycles. The molecule has 3 rings (SSSR count). The number of nitrogens with zero attached hydrogens (tertiary/aromatic N) is 3. The molecule has 3 heterocycles. The number of hydrogen-bond acceptors (Lipinski definition) is 12. The van der Waals surface area contributed by atoms with Crippen molar-refractivity contribution in [3.63, 3.8) is 0 Å². The summed E-state index contributed by atoms with van der Waals surface area (Å²) in [7, 11) is 0. The first-order valence-corrected chi connectivity index (χ1v) is 20.6. The van der Waals surface area contributed by atoms with Gasteiger partial charge in [-0.1, -0.05) is 27.7 Å². The molecule has 0 spiro atoms. The number of nitrogens with one attached hydrogen (secondary N) is 7. The molecular weight excluding hydrogens is 763 g/mol. The van der Waals surface area contributed by atoms with E-state index in [0.717, 1.165) is 5.01 Å². The molecule has 4 amide bonds. The minimum atomic E-state index is -0.684. The summed E-state index contributed by atoms with van der Waals surface area (Å²) in [5.41, 5.74) is 17.8. The third-order valence-electron chi connectivity index (χ3n) is 8.05. The fraction of sp³-hybridized carbons (Fsp3) is 0.571. The number of aryl methyl sites for hydroxylation is 2. The van der Waals surface area contributed by atoms with Crippen LogP contribution in [-0.2, 0) is 17.6 Å². The highest BCUT2D eigenvalue weighted by Gasteiger charge is 2.32. The van der Waals surface area contributed by atoms with Gasteiger partial charge < -0.3 is 43.8 Å². The highest BCUT2D eigenvalue weighted by atomic mass is 32.1. The van der Waals surface area contributed by atoms with E-state index in [1.165, 1.54) is 40.9 Å². The molecule has 13 N–H and O–H groups in total. The molecule has 302 valence electrons. The Kier molecular flexibility index (Phi) is 16.9. The fourth-order valence-corrected chi connectivity index (χ4v) is 8.97. The average molecular weight is 818 g/mol. The van der Waals surface area contributed by atoms with E-state index in [1.54, 1.807) is 13.8 Å². The van der Waals surface area contributed by atoms with E-state index in [9.17, 15) is 19.2 Å². The summed E-state index contributed by atoms with van der Waals surface area (Å²) in [5.74, 6) is -1.68. The molecule has 0 aliphatic rings. The third kappa shape index (κ3) is 13.8. The van der Waals surface area contributed by atoms with Gasteiger partial charge in [0, 0.05) is 32.9 Å². The van der Waals surface area contributed by atoms with Crippen molar-refractivity contribution in [2.45, 2.75) is 105 Å². The minimum absolute atomic E-state index is 0.0844. The zero-order chi connectivity index (χ0) is 41.0. The van der Waals surface area contributed by atoms with Crippen LogP contribution in [0.15, 0.2) is 0 Å². The smallest absolute Gasteiger partial charge is 0.263 e.